The van der Waals surface area contributed by atoms with Crippen LogP contribution < -0.4 is 15.5 Å². The number of hydrogen-bond acceptors (Lipinski definition) is 4. The zero-order valence-electron chi connectivity index (χ0n) is 13.2. The second kappa shape index (κ2) is 7.44. The Morgan fingerprint density at radius 1 is 1.32 bits per heavy atom. The summed E-state index contributed by atoms with van der Waals surface area (Å²) in [4.78, 5) is 17.8. The molecule has 0 aliphatic heterocycles. The molecule has 22 heavy (non-hydrogen) atoms. The van der Waals surface area contributed by atoms with Crippen molar-refractivity contribution in [2.45, 2.75) is 26.1 Å². The first kappa shape index (κ1) is 15.8. The van der Waals surface area contributed by atoms with Gasteiger partial charge in [0.2, 0.25) is 0 Å². The van der Waals surface area contributed by atoms with E-state index in [1.54, 1.807) is 11.0 Å². The number of anilines is 1. The third-order valence-electron chi connectivity index (χ3n) is 3.21. The number of amides is 2. The van der Waals surface area contributed by atoms with Gasteiger partial charge in [0, 0.05) is 32.4 Å². The van der Waals surface area contributed by atoms with Crippen LogP contribution in [-0.4, -0.2) is 40.9 Å². The van der Waals surface area contributed by atoms with Gasteiger partial charge in [0.25, 0.3) is 0 Å². The van der Waals surface area contributed by atoms with Crippen LogP contribution in [0.5, 0.6) is 0 Å². The van der Waals surface area contributed by atoms with Gasteiger partial charge in [0.05, 0.1) is 6.54 Å². The highest BCUT2D eigenvalue weighted by Crippen LogP contribution is 2.11. The number of benzene rings is 1. The SMILES string of the molecule is CC(Cn1cncn1)NC(=O)NCc1ccc(N(C)C)cc1. The van der Waals surface area contributed by atoms with Gasteiger partial charge in [0.1, 0.15) is 12.7 Å². The van der Waals surface area contributed by atoms with E-state index in [-0.39, 0.29) is 12.1 Å². The second-order valence-electron chi connectivity index (χ2n) is 5.41. The maximum Gasteiger partial charge on any atom is 0.315 e. The Hall–Kier alpha value is -2.57. The van der Waals surface area contributed by atoms with Crippen LogP contribution in [0.15, 0.2) is 36.9 Å². The minimum atomic E-state index is -0.190. The molecule has 1 unspecified atom stereocenters. The molecule has 1 aromatic carbocycles. The van der Waals surface area contributed by atoms with E-state index in [4.69, 9.17) is 0 Å². The van der Waals surface area contributed by atoms with Crippen LogP contribution in [0.25, 0.3) is 0 Å². The summed E-state index contributed by atoms with van der Waals surface area (Å²) in [5.41, 5.74) is 2.19. The third kappa shape index (κ3) is 4.76. The summed E-state index contributed by atoms with van der Waals surface area (Å²) < 4.78 is 1.69. The summed E-state index contributed by atoms with van der Waals surface area (Å²) in [6.07, 6.45) is 3.10. The molecule has 1 heterocycles. The average molecular weight is 302 g/mol. The Labute approximate surface area is 130 Å². The molecule has 2 rings (SSSR count). The van der Waals surface area contributed by atoms with Crippen LogP contribution in [-0.2, 0) is 13.1 Å². The molecule has 7 heteroatoms. The van der Waals surface area contributed by atoms with Crippen LogP contribution in [0.1, 0.15) is 12.5 Å². The molecule has 1 aromatic heterocycles. The molecule has 2 N–H and O–H groups in total. The second-order valence-corrected chi connectivity index (χ2v) is 5.41. The summed E-state index contributed by atoms with van der Waals surface area (Å²) in [7, 11) is 3.99. The topological polar surface area (TPSA) is 75.1 Å². The first-order valence-corrected chi connectivity index (χ1v) is 7.17. The van der Waals surface area contributed by atoms with Gasteiger partial charge >= 0.3 is 6.03 Å². The molecule has 0 bridgehead atoms. The van der Waals surface area contributed by atoms with E-state index in [0.29, 0.717) is 13.1 Å². The minimum absolute atomic E-state index is 0.0298. The lowest BCUT2D eigenvalue weighted by molar-refractivity contribution is 0.235. The van der Waals surface area contributed by atoms with Gasteiger partial charge in [-0.15, -0.1) is 0 Å². The van der Waals surface area contributed by atoms with Gasteiger partial charge in [-0.2, -0.15) is 5.10 Å². The smallest absolute Gasteiger partial charge is 0.315 e. The lowest BCUT2D eigenvalue weighted by Crippen LogP contribution is -2.42. The molecular formula is C15H22N6O. The molecule has 7 nitrogen and oxygen atoms in total. The van der Waals surface area contributed by atoms with E-state index in [0.717, 1.165) is 11.3 Å². The molecule has 0 radical (unpaired) electrons. The van der Waals surface area contributed by atoms with Gasteiger partial charge in [-0.3, -0.25) is 4.68 Å². The summed E-state index contributed by atoms with van der Waals surface area (Å²) in [5.74, 6) is 0. The number of hydrogen-bond donors (Lipinski definition) is 2. The standard InChI is InChI=1S/C15H22N6O/c1-12(9-21-11-16-10-18-21)19-15(22)17-8-13-4-6-14(7-5-13)20(2)3/h4-7,10-12H,8-9H2,1-3H3,(H2,17,19,22). The number of nitrogens with zero attached hydrogens (tertiary/aromatic N) is 4. The van der Waals surface area contributed by atoms with Crippen LogP contribution in [0.4, 0.5) is 10.5 Å². The molecule has 1 atom stereocenters. The minimum Gasteiger partial charge on any atom is -0.378 e. The zero-order chi connectivity index (χ0) is 15.9. The van der Waals surface area contributed by atoms with Crippen molar-refractivity contribution in [3.05, 3.63) is 42.5 Å². The Morgan fingerprint density at radius 3 is 2.64 bits per heavy atom. The maximum absolute atomic E-state index is 11.9. The Bertz CT molecular complexity index is 579. The highest BCUT2D eigenvalue weighted by Gasteiger charge is 2.08. The molecule has 118 valence electrons. The molecule has 0 fully saturated rings. The molecule has 2 aromatic rings. The maximum atomic E-state index is 11.9. The molecule has 0 aliphatic rings. The van der Waals surface area contributed by atoms with Crippen molar-refractivity contribution in [3.8, 4) is 0 Å². The van der Waals surface area contributed by atoms with Gasteiger partial charge in [-0.25, -0.2) is 9.78 Å². The molecule has 0 aliphatic carbocycles. The van der Waals surface area contributed by atoms with E-state index in [9.17, 15) is 4.79 Å². The Kier molecular flexibility index (Phi) is 5.35. The van der Waals surface area contributed by atoms with Crippen molar-refractivity contribution >= 4 is 11.7 Å². The quantitative estimate of drug-likeness (QED) is 0.841. The van der Waals surface area contributed by atoms with Crippen LogP contribution in [0.3, 0.4) is 0 Å². The lowest BCUT2D eigenvalue weighted by Gasteiger charge is -2.15. The van der Waals surface area contributed by atoms with Crippen molar-refractivity contribution in [2.75, 3.05) is 19.0 Å². The average Bonchev–Trinajstić information content (AvgIpc) is 2.98. The van der Waals surface area contributed by atoms with E-state index < -0.39 is 0 Å². The van der Waals surface area contributed by atoms with Crippen molar-refractivity contribution in [1.29, 1.82) is 0 Å². The Morgan fingerprint density at radius 2 is 2.05 bits per heavy atom. The van der Waals surface area contributed by atoms with E-state index in [2.05, 4.69) is 20.7 Å². The Balaban J connectivity index is 1.75. The molecule has 0 saturated carbocycles. The predicted molar refractivity (Wildman–Crippen MR) is 85.6 cm³/mol. The van der Waals surface area contributed by atoms with Crippen molar-refractivity contribution in [2.24, 2.45) is 0 Å². The third-order valence-corrected chi connectivity index (χ3v) is 3.21. The number of carbonyl (C=O) groups is 1. The molecule has 0 spiro atoms. The van der Waals surface area contributed by atoms with Gasteiger partial charge in [0.15, 0.2) is 0 Å². The van der Waals surface area contributed by atoms with Gasteiger partial charge < -0.3 is 15.5 Å². The largest absolute Gasteiger partial charge is 0.378 e. The van der Waals surface area contributed by atoms with Gasteiger partial charge in [-0.1, -0.05) is 12.1 Å². The number of rotatable bonds is 6. The summed E-state index contributed by atoms with van der Waals surface area (Å²) in [6, 6.07) is 7.86. The summed E-state index contributed by atoms with van der Waals surface area (Å²) >= 11 is 0. The van der Waals surface area contributed by atoms with E-state index in [1.165, 1.54) is 6.33 Å². The summed E-state index contributed by atoms with van der Waals surface area (Å²) in [6.45, 7) is 3.01. The molecular weight excluding hydrogens is 280 g/mol. The highest BCUT2D eigenvalue weighted by atomic mass is 16.2. The number of nitrogens with one attached hydrogen (secondary N) is 2. The molecule has 0 saturated heterocycles. The zero-order valence-corrected chi connectivity index (χ0v) is 13.2. The van der Waals surface area contributed by atoms with E-state index >= 15 is 0 Å². The molecule has 2 amide bonds. The summed E-state index contributed by atoms with van der Waals surface area (Å²) in [5, 5.41) is 9.73. The van der Waals surface area contributed by atoms with Crippen LogP contribution >= 0.6 is 0 Å². The van der Waals surface area contributed by atoms with Crippen LogP contribution in [0.2, 0.25) is 0 Å². The first-order valence-electron chi connectivity index (χ1n) is 7.17. The van der Waals surface area contributed by atoms with Crippen molar-refractivity contribution in [3.63, 3.8) is 0 Å². The van der Waals surface area contributed by atoms with Crippen molar-refractivity contribution in [1.82, 2.24) is 25.4 Å². The lowest BCUT2D eigenvalue weighted by atomic mass is 10.2. The van der Waals surface area contributed by atoms with Gasteiger partial charge in [-0.05, 0) is 24.6 Å². The fourth-order valence-corrected chi connectivity index (χ4v) is 2.02. The number of carbonyl (C=O) groups excluding carboxylic acids is 1. The highest BCUT2D eigenvalue weighted by molar-refractivity contribution is 5.74. The van der Waals surface area contributed by atoms with E-state index in [1.807, 2.05) is 50.2 Å². The van der Waals surface area contributed by atoms with Crippen LogP contribution in [0, 0.1) is 0 Å². The van der Waals surface area contributed by atoms with Crippen molar-refractivity contribution < 1.29 is 4.79 Å². The fraction of sp³-hybridized carbons (Fsp3) is 0.400. The predicted octanol–water partition coefficient (Wildman–Crippen LogP) is 1.23. The first-order chi connectivity index (χ1) is 10.5. The fourth-order valence-electron chi connectivity index (χ4n) is 2.02. The number of aromatic nitrogens is 3. The normalized spacial score (nSPS) is 11.8. The monoisotopic (exact) mass is 302 g/mol. The number of urea groups is 1.